The fraction of sp³-hybridized carbons (Fsp3) is 0. The number of nitrogen functional groups attached to an aromatic ring is 1. The zero-order valence-corrected chi connectivity index (χ0v) is 10.5. The SMILES string of the molecule is C=O.Nc1nc(-c2ccccn2)n(-c2cccnc2)n1. The van der Waals surface area contributed by atoms with Crippen molar-refractivity contribution in [1.82, 2.24) is 24.7 Å². The van der Waals surface area contributed by atoms with Gasteiger partial charge in [-0.2, -0.15) is 4.98 Å². The lowest BCUT2D eigenvalue weighted by atomic mass is 10.3. The number of nitrogens with zero attached hydrogens (tertiary/aromatic N) is 5. The molecule has 3 aromatic heterocycles. The maximum atomic E-state index is 8.00. The monoisotopic (exact) mass is 268 g/mol. The van der Waals surface area contributed by atoms with Crippen molar-refractivity contribution >= 4 is 12.7 Å². The molecule has 7 nitrogen and oxygen atoms in total. The van der Waals surface area contributed by atoms with Crippen LogP contribution in [0.5, 0.6) is 0 Å². The molecule has 0 aromatic carbocycles. The van der Waals surface area contributed by atoms with Crippen molar-refractivity contribution in [3.63, 3.8) is 0 Å². The van der Waals surface area contributed by atoms with Gasteiger partial charge < -0.3 is 10.5 Å². The second-order valence-electron chi connectivity index (χ2n) is 3.63. The first-order valence-corrected chi connectivity index (χ1v) is 5.68. The molecule has 0 atom stereocenters. The normalized spacial score (nSPS) is 9.60. The predicted octanol–water partition coefficient (Wildman–Crippen LogP) is 1.12. The molecular formula is C13H12N6O. The Hall–Kier alpha value is -3.09. The molecule has 0 aliphatic rings. The molecule has 0 fully saturated rings. The molecule has 100 valence electrons. The number of aromatic nitrogens is 5. The fourth-order valence-electron chi connectivity index (χ4n) is 1.65. The maximum Gasteiger partial charge on any atom is 0.240 e. The molecule has 20 heavy (non-hydrogen) atoms. The van der Waals surface area contributed by atoms with Gasteiger partial charge in [-0.15, -0.1) is 5.10 Å². The number of anilines is 1. The quantitative estimate of drug-likeness (QED) is 0.747. The highest BCUT2D eigenvalue weighted by molar-refractivity contribution is 5.54. The van der Waals surface area contributed by atoms with E-state index >= 15 is 0 Å². The number of pyridine rings is 2. The standard InChI is InChI=1S/C12H10N6.CH2O/c13-12-16-11(10-5-1-2-7-15-10)18(17-12)9-4-3-6-14-8-9;1-2/h1-8H,(H2,13,17);1H2. The summed E-state index contributed by atoms with van der Waals surface area (Å²) in [6.45, 7) is 2.00. The third-order valence-corrected chi connectivity index (χ3v) is 2.41. The minimum Gasteiger partial charge on any atom is -0.366 e. The van der Waals surface area contributed by atoms with Crippen LogP contribution in [-0.4, -0.2) is 31.5 Å². The van der Waals surface area contributed by atoms with Crippen molar-refractivity contribution in [1.29, 1.82) is 0 Å². The molecule has 0 spiro atoms. The van der Waals surface area contributed by atoms with Gasteiger partial charge in [0.15, 0.2) is 5.82 Å². The smallest absolute Gasteiger partial charge is 0.240 e. The van der Waals surface area contributed by atoms with Crippen LogP contribution in [0.25, 0.3) is 17.2 Å². The molecule has 3 rings (SSSR count). The lowest BCUT2D eigenvalue weighted by molar-refractivity contribution is -0.0979. The number of carbonyl (C=O) groups is 1. The van der Waals surface area contributed by atoms with Crippen molar-refractivity contribution in [2.75, 3.05) is 5.73 Å². The fourth-order valence-corrected chi connectivity index (χ4v) is 1.65. The molecule has 0 saturated heterocycles. The van der Waals surface area contributed by atoms with Crippen LogP contribution >= 0.6 is 0 Å². The molecule has 3 aromatic rings. The van der Waals surface area contributed by atoms with Crippen molar-refractivity contribution in [3.8, 4) is 17.2 Å². The molecule has 0 aliphatic heterocycles. The summed E-state index contributed by atoms with van der Waals surface area (Å²) >= 11 is 0. The highest BCUT2D eigenvalue weighted by Gasteiger charge is 2.12. The summed E-state index contributed by atoms with van der Waals surface area (Å²) in [6.07, 6.45) is 5.10. The lowest BCUT2D eigenvalue weighted by Gasteiger charge is -2.03. The van der Waals surface area contributed by atoms with E-state index in [-0.39, 0.29) is 5.95 Å². The Morgan fingerprint density at radius 1 is 1.10 bits per heavy atom. The van der Waals surface area contributed by atoms with Gasteiger partial charge in [0.25, 0.3) is 0 Å². The topological polar surface area (TPSA) is 99.6 Å². The van der Waals surface area contributed by atoms with Crippen LogP contribution in [0.15, 0.2) is 48.9 Å². The molecule has 3 heterocycles. The van der Waals surface area contributed by atoms with Gasteiger partial charge in [-0.25, -0.2) is 4.68 Å². The Balaban J connectivity index is 0.000000704. The molecule has 0 unspecified atom stereocenters. The van der Waals surface area contributed by atoms with Crippen LogP contribution < -0.4 is 5.73 Å². The average Bonchev–Trinajstić information content (AvgIpc) is 2.93. The third kappa shape index (κ3) is 2.66. The van der Waals surface area contributed by atoms with E-state index in [9.17, 15) is 0 Å². The summed E-state index contributed by atoms with van der Waals surface area (Å²) in [5.74, 6) is 0.806. The Labute approximate surface area is 115 Å². The Morgan fingerprint density at radius 3 is 2.60 bits per heavy atom. The Kier molecular flexibility index (Phi) is 4.13. The van der Waals surface area contributed by atoms with Crippen LogP contribution in [0.4, 0.5) is 5.95 Å². The number of carbonyl (C=O) groups excluding carboxylic acids is 1. The van der Waals surface area contributed by atoms with Crippen molar-refractivity contribution in [3.05, 3.63) is 48.9 Å². The zero-order valence-electron chi connectivity index (χ0n) is 10.5. The summed E-state index contributed by atoms with van der Waals surface area (Å²) in [4.78, 5) is 20.5. The number of hydrogen-bond donors (Lipinski definition) is 1. The zero-order chi connectivity index (χ0) is 14.4. The molecule has 0 aliphatic carbocycles. The molecule has 0 saturated carbocycles. The van der Waals surface area contributed by atoms with Gasteiger partial charge in [0, 0.05) is 12.4 Å². The van der Waals surface area contributed by atoms with Gasteiger partial charge in [-0.3, -0.25) is 9.97 Å². The predicted molar refractivity (Wildman–Crippen MR) is 73.9 cm³/mol. The molecule has 0 radical (unpaired) electrons. The first kappa shape index (κ1) is 13.3. The van der Waals surface area contributed by atoms with Gasteiger partial charge >= 0.3 is 0 Å². The summed E-state index contributed by atoms with van der Waals surface area (Å²) in [7, 11) is 0. The van der Waals surface area contributed by atoms with E-state index in [1.165, 1.54) is 0 Å². The van der Waals surface area contributed by atoms with Gasteiger partial charge in [0.1, 0.15) is 12.5 Å². The van der Waals surface area contributed by atoms with Crippen molar-refractivity contribution < 1.29 is 4.79 Å². The lowest BCUT2D eigenvalue weighted by Crippen LogP contribution is -2.01. The van der Waals surface area contributed by atoms with E-state index in [1.807, 2.05) is 37.1 Å². The van der Waals surface area contributed by atoms with Gasteiger partial charge in [-0.05, 0) is 24.3 Å². The largest absolute Gasteiger partial charge is 0.366 e. The Bertz CT molecular complexity index is 611. The number of nitrogens with two attached hydrogens (primary N) is 1. The van der Waals surface area contributed by atoms with Gasteiger partial charge in [0.2, 0.25) is 5.95 Å². The molecule has 0 bridgehead atoms. The van der Waals surface area contributed by atoms with Crippen LogP contribution in [0.3, 0.4) is 0 Å². The van der Waals surface area contributed by atoms with Crippen molar-refractivity contribution in [2.45, 2.75) is 0 Å². The van der Waals surface area contributed by atoms with Crippen LogP contribution in [0, 0.1) is 0 Å². The molecule has 7 heteroatoms. The van der Waals surface area contributed by atoms with Crippen LogP contribution in [0.1, 0.15) is 0 Å². The molecular weight excluding hydrogens is 256 g/mol. The Morgan fingerprint density at radius 2 is 1.95 bits per heavy atom. The van der Waals surface area contributed by atoms with Crippen molar-refractivity contribution in [2.24, 2.45) is 0 Å². The maximum absolute atomic E-state index is 8.00. The van der Waals surface area contributed by atoms with E-state index in [4.69, 9.17) is 10.5 Å². The summed E-state index contributed by atoms with van der Waals surface area (Å²) in [5.41, 5.74) is 7.17. The van der Waals surface area contributed by atoms with Crippen LogP contribution in [0.2, 0.25) is 0 Å². The summed E-state index contributed by atoms with van der Waals surface area (Å²) < 4.78 is 1.63. The minimum atomic E-state index is 0.208. The average molecular weight is 268 g/mol. The van der Waals surface area contributed by atoms with E-state index in [2.05, 4.69) is 20.1 Å². The van der Waals surface area contributed by atoms with Gasteiger partial charge in [-0.1, -0.05) is 6.07 Å². The van der Waals surface area contributed by atoms with E-state index in [0.29, 0.717) is 11.5 Å². The van der Waals surface area contributed by atoms with E-state index in [1.54, 1.807) is 23.3 Å². The first-order valence-electron chi connectivity index (χ1n) is 5.68. The molecule has 0 amide bonds. The second kappa shape index (κ2) is 6.19. The first-order chi connectivity index (χ1) is 9.84. The second-order valence-corrected chi connectivity index (χ2v) is 3.63. The molecule has 2 N–H and O–H groups in total. The number of hydrogen-bond acceptors (Lipinski definition) is 6. The highest BCUT2D eigenvalue weighted by Crippen LogP contribution is 2.18. The highest BCUT2D eigenvalue weighted by atomic mass is 16.1. The minimum absolute atomic E-state index is 0.208. The van der Waals surface area contributed by atoms with Crippen LogP contribution in [-0.2, 0) is 4.79 Å². The summed E-state index contributed by atoms with van der Waals surface area (Å²) in [6, 6.07) is 9.30. The van der Waals surface area contributed by atoms with E-state index in [0.717, 1.165) is 5.69 Å². The van der Waals surface area contributed by atoms with Gasteiger partial charge in [0.05, 0.1) is 11.9 Å². The number of rotatable bonds is 2. The van der Waals surface area contributed by atoms with E-state index < -0.39 is 0 Å². The summed E-state index contributed by atoms with van der Waals surface area (Å²) in [5, 5.41) is 4.16. The third-order valence-electron chi connectivity index (χ3n) is 2.41.